The average Bonchev–Trinajstić information content (AvgIpc) is 2.92. The van der Waals surface area contributed by atoms with Gasteiger partial charge in [-0.05, 0) is 48.6 Å². The van der Waals surface area contributed by atoms with Gasteiger partial charge in [0, 0.05) is 6.04 Å². The highest BCUT2D eigenvalue weighted by Crippen LogP contribution is 2.39. The molecule has 0 amide bonds. The minimum absolute atomic E-state index is 0.499. The van der Waals surface area contributed by atoms with Crippen molar-refractivity contribution < 1.29 is 0 Å². The molecule has 0 aromatic heterocycles. The average molecular weight is 258 g/mol. The van der Waals surface area contributed by atoms with Crippen molar-refractivity contribution in [3.63, 3.8) is 0 Å². The predicted octanol–water partition coefficient (Wildman–Crippen LogP) is 3.52. The van der Waals surface area contributed by atoms with E-state index in [-0.39, 0.29) is 0 Å². The minimum Gasteiger partial charge on any atom is -0.271 e. The van der Waals surface area contributed by atoms with Gasteiger partial charge in [-0.2, -0.15) is 0 Å². The Balaban J connectivity index is 1.48. The molecule has 3 N–H and O–H groups in total. The van der Waals surface area contributed by atoms with Crippen LogP contribution in [0.5, 0.6) is 0 Å². The summed E-state index contributed by atoms with van der Waals surface area (Å²) in [7, 11) is 0. The molecule has 0 radical (unpaired) electrons. The Labute approximate surface area is 116 Å². The molecule has 3 rings (SSSR count). The summed E-state index contributed by atoms with van der Waals surface area (Å²) in [5.74, 6) is 7.47. The van der Waals surface area contributed by atoms with E-state index in [0.717, 1.165) is 11.8 Å². The first-order chi connectivity index (χ1) is 9.36. The third kappa shape index (κ3) is 3.01. The SMILES string of the molecule is NNC(CCC1CCCC1)CC1Cc2ccccc21. The van der Waals surface area contributed by atoms with E-state index in [1.165, 1.54) is 51.4 Å². The Hall–Kier alpha value is -0.860. The molecule has 0 spiro atoms. The second-order valence-corrected chi connectivity index (χ2v) is 6.43. The quantitative estimate of drug-likeness (QED) is 0.605. The molecule has 1 aromatic carbocycles. The fraction of sp³-hybridized carbons (Fsp3) is 0.647. The van der Waals surface area contributed by atoms with Crippen molar-refractivity contribution in [2.45, 2.75) is 63.3 Å². The Morgan fingerprint density at radius 3 is 2.74 bits per heavy atom. The molecular weight excluding hydrogens is 232 g/mol. The fourth-order valence-corrected chi connectivity index (χ4v) is 3.92. The highest BCUT2D eigenvalue weighted by molar-refractivity contribution is 5.39. The molecule has 2 heteroatoms. The Morgan fingerprint density at radius 1 is 1.21 bits per heavy atom. The van der Waals surface area contributed by atoms with Gasteiger partial charge in [-0.1, -0.05) is 49.9 Å². The van der Waals surface area contributed by atoms with Gasteiger partial charge in [0.2, 0.25) is 0 Å². The molecule has 2 aliphatic rings. The van der Waals surface area contributed by atoms with Crippen LogP contribution in [0.1, 0.15) is 62.0 Å². The molecule has 2 nitrogen and oxygen atoms in total. The maximum absolute atomic E-state index is 5.75. The van der Waals surface area contributed by atoms with Gasteiger partial charge in [-0.25, -0.2) is 0 Å². The third-order valence-electron chi connectivity index (χ3n) is 5.16. The van der Waals surface area contributed by atoms with Crippen molar-refractivity contribution in [1.82, 2.24) is 5.43 Å². The lowest BCUT2D eigenvalue weighted by Gasteiger charge is -2.33. The van der Waals surface area contributed by atoms with Crippen molar-refractivity contribution in [3.8, 4) is 0 Å². The van der Waals surface area contributed by atoms with E-state index < -0.39 is 0 Å². The first kappa shape index (κ1) is 13.1. The molecule has 0 aliphatic heterocycles. The van der Waals surface area contributed by atoms with Crippen molar-refractivity contribution in [2.24, 2.45) is 11.8 Å². The van der Waals surface area contributed by atoms with Crippen LogP contribution in [0.25, 0.3) is 0 Å². The maximum Gasteiger partial charge on any atom is 0.0216 e. The van der Waals surface area contributed by atoms with Crippen LogP contribution in [0.2, 0.25) is 0 Å². The zero-order valence-corrected chi connectivity index (χ0v) is 11.8. The van der Waals surface area contributed by atoms with Crippen LogP contribution in [0.15, 0.2) is 24.3 Å². The molecule has 2 unspecified atom stereocenters. The van der Waals surface area contributed by atoms with Crippen LogP contribution in [0.3, 0.4) is 0 Å². The number of hydrogen-bond acceptors (Lipinski definition) is 2. The van der Waals surface area contributed by atoms with Crippen LogP contribution in [0.4, 0.5) is 0 Å². The molecule has 104 valence electrons. The van der Waals surface area contributed by atoms with Crippen LogP contribution < -0.4 is 11.3 Å². The number of fused-ring (bicyclic) bond motifs is 1. The van der Waals surface area contributed by atoms with Crippen molar-refractivity contribution in [1.29, 1.82) is 0 Å². The molecule has 0 heterocycles. The summed E-state index contributed by atoms with van der Waals surface area (Å²) in [6.07, 6.45) is 10.9. The van der Waals surface area contributed by atoms with E-state index in [9.17, 15) is 0 Å². The lowest BCUT2D eigenvalue weighted by molar-refractivity contribution is 0.363. The second-order valence-electron chi connectivity index (χ2n) is 6.43. The standard InChI is InChI=1S/C17H26N2/c18-19-16(10-9-13-5-1-2-6-13)12-15-11-14-7-3-4-8-17(14)15/h3-4,7-8,13,15-16,19H,1-2,5-6,9-12,18H2. The minimum atomic E-state index is 0.499. The molecule has 2 atom stereocenters. The van der Waals surface area contributed by atoms with Crippen LogP contribution >= 0.6 is 0 Å². The summed E-state index contributed by atoms with van der Waals surface area (Å²) >= 11 is 0. The Kier molecular flexibility index (Phi) is 4.19. The zero-order valence-electron chi connectivity index (χ0n) is 11.8. The number of rotatable bonds is 6. The van der Waals surface area contributed by atoms with E-state index in [2.05, 4.69) is 29.7 Å². The normalized spacial score (nSPS) is 23.9. The van der Waals surface area contributed by atoms with Gasteiger partial charge in [0.25, 0.3) is 0 Å². The lowest BCUT2D eigenvalue weighted by Crippen LogP contribution is -2.38. The highest BCUT2D eigenvalue weighted by Gasteiger charge is 2.28. The summed E-state index contributed by atoms with van der Waals surface area (Å²) in [6, 6.07) is 9.35. The molecule has 1 fully saturated rings. The lowest BCUT2D eigenvalue weighted by atomic mass is 9.74. The molecular formula is C17H26N2. The van der Waals surface area contributed by atoms with Gasteiger partial charge in [0.05, 0.1) is 0 Å². The molecule has 1 saturated carbocycles. The van der Waals surface area contributed by atoms with Gasteiger partial charge < -0.3 is 0 Å². The van der Waals surface area contributed by atoms with Gasteiger partial charge >= 0.3 is 0 Å². The summed E-state index contributed by atoms with van der Waals surface area (Å²) in [5, 5.41) is 0. The first-order valence-electron chi connectivity index (χ1n) is 7.90. The summed E-state index contributed by atoms with van der Waals surface area (Å²) in [6.45, 7) is 0. The number of nitrogens with one attached hydrogen (secondary N) is 1. The van der Waals surface area contributed by atoms with E-state index in [4.69, 9.17) is 5.84 Å². The first-order valence-corrected chi connectivity index (χ1v) is 7.90. The molecule has 0 bridgehead atoms. The van der Waals surface area contributed by atoms with Gasteiger partial charge in [-0.3, -0.25) is 11.3 Å². The van der Waals surface area contributed by atoms with E-state index >= 15 is 0 Å². The Morgan fingerprint density at radius 2 is 2.00 bits per heavy atom. The smallest absolute Gasteiger partial charge is 0.0216 e. The van der Waals surface area contributed by atoms with Crippen molar-refractivity contribution >= 4 is 0 Å². The van der Waals surface area contributed by atoms with Crippen LogP contribution in [-0.2, 0) is 6.42 Å². The largest absolute Gasteiger partial charge is 0.271 e. The molecule has 1 aromatic rings. The maximum atomic E-state index is 5.75. The summed E-state index contributed by atoms with van der Waals surface area (Å²) < 4.78 is 0. The second kappa shape index (κ2) is 6.06. The monoisotopic (exact) mass is 258 g/mol. The predicted molar refractivity (Wildman–Crippen MR) is 79.8 cm³/mol. The Bertz CT molecular complexity index is 409. The number of hydrogen-bond donors (Lipinski definition) is 2. The number of nitrogens with two attached hydrogens (primary N) is 1. The topological polar surface area (TPSA) is 38.0 Å². The molecule has 2 aliphatic carbocycles. The van der Waals surface area contributed by atoms with Crippen LogP contribution in [0, 0.1) is 5.92 Å². The van der Waals surface area contributed by atoms with E-state index in [0.29, 0.717) is 6.04 Å². The van der Waals surface area contributed by atoms with Gasteiger partial charge in [0.15, 0.2) is 0 Å². The highest BCUT2D eigenvalue weighted by atomic mass is 15.2. The van der Waals surface area contributed by atoms with Crippen molar-refractivity contribution in [2.75, 3.05) is 0 Å². The van der Waals surface area contributed by atoms with Crippen molar-refractivity contribution in [3.05, 3.63) is 35.4 Å². The van der Waals surface area contributed by atoms with Gasteiger partial charge in [0.1, 0.15) is 0 Å². The zero-order chi connectivity index (χ0) is 13.1. The number of hydrazine groups is 1. The van der Waals surface area contributed by atoms with E-state index in [1.54, 1.807) is 11.1 Å². The molecule has 0 saturated heterocycles. The van der Waals surface area contributed by atoms with Gasteiger partial charge in [-0.15, -0.1) is 0 Å². The number of benzene rings is 1. The summed E-state index contributed by atoms with van der Waals surface area (Å²) in [5.41, 5.74) is 6.16. The van der Waals surface area contributed by atoms with Crippen LogP contribution in [-0.4, -0.2) is 6.04 Å². The molecule has 19 heavy (non-hydrogen) atoms. The summed E-state index contributed by atoms with van der Waals surface area (Å²) in [4.78, 5) is 0. The fourth-order valence-electron chi connectivity index (χ4n) is 3.92. The third-order valence-corrected chi connectivity index (χ3v) is 5.16. The van der Waals surface area contributed by atoms with E-state index in [1.807, 2.05) is 0 Å².